The Kier molecular flexibility index (Phi) is 6.80. The Hall–Kier alpha value is -4.18. The van der Waals surface area contributed by atoms with E-state index in [9.17, 15) is 31.9 Å². The molecule has 0 aliphatic carbocycles. The third kappa shape index (κ3) is 5.23. The largest absolute Gasteiger partial charge is 0.488 e. The fourth-order valence-corrected chi connectivity index (χ4v) is 3.57. The molecule has 1 fully saturated rings. The molecule has 4 rings (SSSR count). The van der Waals surface area contributed by atoms with Crippen molar-refractivity contribution in [1.29, 1.82) is 0 Å². The zero-order chi connectivity index (χ0) is 26.0. The van der Waals surface area contributed by atoms with Crippen LogP contribution in [0.3, 0.4) is 0 Å². The summed E-state index contributed by atoms with van der Waals surface area (Å²) in [6.07, 6.45) is -3.61. The summed E-state index contributed by atoms with van der Waals surface area (Å²) in [6.45, 7) is 0.0467. The molecule has 0 bridgehead atoms. The topological polar surface area (TPSA) is 75.7 Å². The van der Waals surface area contributed by atoms with E-state index < -0.39 is 46.7 Å². The number of imide groups is 2. The molecule has 0 atom stereocenters. The molecule has 184 valence electrons. The van der Waals surface area contributed by atoms with Crippen LogP contribution in [-0.2, 0) is 22.4 Å². The van der Waals surface area contributed by atoms with Gasteiger partial charge in [0, 0.05) is 5.56 Å². The number of nitrogens with one attached hydrogen (secondary N) is 1. The number of carbonyl (C=O) groups is 3. The minimum absolute atomic E-state index is 0.0467. The van der Waals surface area contributed by atoms with E-state index in [0.717, 1.165) is 12.1 Å². The van der Waals surface area contributed by atoms with Gasteiger partial charge in [0.05, 0.1) is 16.3 Å². The van der Waals surface area contributed by atoms with Crippen molar-refractivity contribution in [3.8, 4) is 5.75 Å². The second-order valence-electron chi connectivity index (χ2n) is 7.57. The lowest BCUT2D eigenvalue weighted by Crippen LogP contribution is -2.54. The number of halogens is 5. The summed E-state index contributed by atoms with van der Waals surface area (Å²) in [6, 6.07) is 12.8. The molecule has 1 aliphatic heterocycles. The van der Waals surface area contributed by atoms with E-state index in [1.165, 1.54) is 30.3 Å². The van der Waals surface area contributed by atoms with Gasteiger partial charge in [-0.25, -0.2) is 14.1 Å². The average Bonchev–Trinajstić information content (AvgIpc) is 2.82. The number of alkyl halides is 3. The number of anilines is 1. The molecular formula is C25H15ClF4N2O4. The molecule has 1 N–H and O–H groups in total. The van der Waals surface area contributed by atoms with Gasteiger partial charge >= 0.3 is 12.2 Å². The van der Waals surface area contributed by atoms with Gasteiger partial charge in [0.2, 0.25) is 0 Å². The highest BCUT2D eigenvalue weighted by Gasteiger charge is 2.39. The first kappa shape index (κ1) is 24.9. The highest BCUT2D eigenvalue weighted by atomic mass is 35.5. The molecule has 0 aromatic heterocycles. The van der Waals surface area contributed by atoms with E-state index >= 15 is 0 Å². The SMILES string of the molecule is O=C1NC(=O)N(c2cc(C(F)(F)F)ccc2Cl)C(=O)/C1=C\c1ccccc1OCc1ccc(F)cc1. The van der Waals surface area contributed by atoms with Crippen LogP contribution in [0.2, 0.25) is 5.02 Å². The summed E-state index contributed by atoms with van der Waals surface area (Å²) in [5.41, 5.74) is -1.26. The van der Waals surface area contributed by atoms with E-state index in [4.69, 9.17) is 16.3 Å². The lowest BCUT2D eigenvalue weighted by atomic mass is 10.1. The summed E-state index contributed by atoms with van der Waals surface area (Å²) in [7, 11) is 0. The molecular weight excluding hydrogens is 504 g/mol. The summed E-state index contributed by atoms with van der Waals surface area (Å²) >= 11 is 6.00. The van der Waals surface area contributed by atoms with E-state index in [2.05, 4.69) is 0 Å². The molecule has 4 amide bonds. The number of rotatable bonds is 5. The van der Waals surface area contributed by atoms with Gasteiger partial charge in [-0.05, 0) is 48.0 Å². The summed E-state index contributed by atoms with van der Waals surface area (Å²) in [5.74, 6) is -2.36. The van der Waals surface area contributed by atoms with Crippen LogP contribution in [0.5, 0.6) is 5.75 Å². The van der Waals surface area contributed by atoms with E-state index in [1.807, 2.05) is 5.32 Å². The number of benzene rings is 3. The lowest BCUT2D eigenvalue weighted by molar-refractivity contribution is -0.137. The van der Waals surface area contributed by atoms with Crippen molar-refractivity contribution in [2.24, 2.45) is 0 Å². The normalized spacial score (nSPS) is 15.3. The molecule has 0 radical (unpaired) electrons. The van der Waals surface area contributed by atoms with Gasteiger partial charge in [-0.15, -0.1) is 0 Å². The molecule has 1 saturated heterocycles. The van der Waals surface area contributed by atoms with Gasteiger partial charge in [-0.2, -0.15) is 13.2 Å². The second kappa shape index (κ2) is 9.82. The van der Waals surface area contributed by atoms with Crippen molar-refractivity contribution >= 4 is 41.2 Å². The van der Waals surface area contributed by atoms with Gasteiger partial charge in [0.25, 0.3) is 11.8 Å². The summed E-state index contributed by atoms with van der Waals surface area (Å²) in [4.78, 5) is 38.4. The summed E-state index contributed by atoms with van der Waals surface area (Å²) in [5, 5.41) is 1.64. The number of carbonyl (C=O) groups excluding carboxylic acids is 3. The monoisotopic (exact) mass is 518 g/mol. The van der Waals surface area contributed by atoms with Crippen molar-refractivity contribution in [3.63, 3.8) is 0 Å². The Morgan fingerprint density at radius 1 is 0.972 bits per heavy atom. The van der Waals surface area contributed by atoms with Crippen molar-refractivity contribution in [2.45, 2.75) is 12.8 Å². The maximum absolute atomic E-state index is 13.2. The zero-order valence-electron chi connectivity index (χ0n) is 18.1. The van der Waals surface area contributed by atoms with Crippen molar-refractivity contribution in [2.75, 3.05) is 4.90 Å². The Balaban J connectivity index is 1.68. The Morgan fingerprint density at radius 2 is 1.67 bits per heavy atom. The molecule has 1 aliphatic rings. The van der Waals surface area contributed by atoms with Crippen LogP contribution in [0, 0.1) is 5.82 Å². The van der Waals surface area contributed by atoms with Gasteiger partial charge in [-0.3, -0.25) is 14.9 Å². The Morgan fingerprint density at radius 3 is 2.36 bits per heavy atom. The number of para-hydroxylation sites is 1. The van der Waals surface area contributed by atoms with Gasteiger partial charge < -0.3 is 4.74 Å². The molecule has 0 saturated carbocycles. The first-order valence-corrected chi connectivity index (χ1v) is 10.7. The van der Waals surface area contributed by atoms with Crippen LogP contribution in [0.15, 0.2) is 72.3 Å². The van der Waals surface area contributed by atoms with E-state index in [-0.39, 0.29) is 22.9 Å². The second-order valence-corrected chi connectivity index (χ2v) is 7.98. The number of hydrogen-bond donors (Lipinski definition) is 1. The molecule has 0 spiro atoms. The van der Waals surface area contributed by atoms with Crippen LogP contribution in [0.4, 0.5) is 28.0 Å². The minimum Gasteiger partial charge on any atom is -0.488 e. The third-order valence-corrected chi connectivity index (χ3v) is 5.46. The number of nitrogens with zero attached hydrogens (tertiary/aromatic N) is 1. The van der Waals surface area contributed by atoms with E-state index in [0.29, 0.717) is 22.6 Å². The van der Waals surface area contributed by atoms with Gasteiger partial charge in [0.15, 0.2) is 0 Å². The summed E-state index contributed by atoms with van der Waals surface area (Å²) < 4.78 is 58.5. The van der Waals surface area contributed by atoms with Crippen molar-refractivity contribution in [1.82, 2.24) is 5.32 Å². The molecule has 11 heteroatoms. The number of amides is 4. The molecule has 3 aromatic rings. The third-order valence-electron chi connectivity index (χ3n) is 5.14. The van der Waals surface area contributed by atoms with Crippen LogP contribution >= 0.6 is 11.6 Å². The Labute approximate surface area is 206 Å². The molecule has 3 aromatic carbocycles. The standard InChI is InChI=1S/C25H15ClF4N2O4/c26-19-10-7-16(25(28,29)30)12-20(19)32-23(34)18(22(33)31-24(32)35)11-15-3-1-2-4-21(15)36-13-14-5-8-17(27)9-6-14/h1-12H,13H2,(H,31,33,35)/b18-11-. The quantitative estimate of drug-likeness (QED) is 0.265. The van der Waals surface area contributed by atoms with E-state index in [1.54, 1.807) is 18.2 Å². The molecule has 0 unspecified atom stereocenters. The fourth-order valence-electron chi connectivity index (χ4n) is 3.37. The highest BCUT2D eigenvalue weighted by Crippen LogP contribution is 2.37. The van der Waals surface area contributed by atoms with Crippen LogP contribution in [0.1, 0.15) is 16.7 Å². The number of hydrogen-bond acceptors (Lipinski definition) is 4. The smallest absolute Gasteiger partial charge is 0.416 e. The number of urea groups is 1. The van der Waals surface area contributed by atoms with Crippen LogP contribution in [0.25, 0.3) is 6.08 Å². The van der Waals surface area contributed by atoms with Crippen LogP contribution in [-0.4, -0.2) is 17.8 Å². The van der Waals surface area contributed by atoms with Gasteiger partial charge in [-0.1, -0.05) is 41.9 Å². The van der Waals surface area contributed by atoms with Gasteiger partial charge in [0.1, 0.15) is 23.7 Å². The molecule has 1 heterocycles. The predicted octanol–water partition coefficient (Wildman–Crippen LogP) is 5.74. The predicted molar refractivity (Wildman–Crippen MR) is 123 cm³/mol. The maximum atomic E-state index is 13.2. The first-order chi connectivity index (χ1) is 17.0. The first-order valence-electron chi connectivity index (χ1n) is 10.3. The van der Waals surface area contributed by atoms with Crippen molar-refractivity contribution in [3.05, 3.63) is 99.8 Å². The van der Waals surface area contributed by atoms with Crippen molar-refractivity contribution < 1.29 is 36.7 Å². The fraction of sp³-hybridized carbons (Fsp3) is 0.0800. The lowest BCUT2D eigenvalue weighted by Gasteiger charge is -2.27. The highest BCUT2D eigenvalue weighted by molar-refractivity contribution is 6.42. The molecule has 6 nitrogen and oxygen atoms in total. The molecule has 36 heavy (non-hydrogen) atoms. The average molecular weight is 519 g/mol. The number of ether oxygens (including phenoxy) is 1. The maximum Gasteiger partial charge on any atom is 0.416 e. The minimum atomic E-state index is -4.76. The zero-order valence-corrected chi connectivity index (χ0v) is 18.9. The Bertz CT molecular complexity index is 1390. The number of barbiturate groups is 1. The van der Waals surface area contributed by atoms with Crippen LogP contribution < -0.4 is 15.0 Å².